The van der Waals surface area contributed by atoms with Crippen LogP contribution in [0.25, 0.3) is 0 Å². The molecular formula is C14H21BrO. The van der Waals surface area contributed by atoms with E-state index in [1.807, 2.05) is 18.2 Å². The van der Waals surface area contributed by atoms with Gasteiger partial charge in [-0.1, -0.05) is 48.0 Å². The number of ether oxygens (including phenoxy) is 1. The summed E-state index contributed by atoms with van der Waals surface area (Å²) in [4.78, 5) is 0. The molecule has 1 aromatic rings. The number of benzene rings is 1. The molecule has 0 radical (unpaired) electrons. The molecule has 0 aliphatic carbocycles. The lowest BCUT2D eigenvalue weighted by Gasteiger charge is -2.29. The van der Waals surface area contributed by atoms with Gasteiger partial charge < -0.3 is 4.74 Å². The van der Waals surface area contributed by atoms with Crippen LogP contribution in [0.2, 0.25) is 0 Å². The second kappa shape index (κ2) is 6.29. The summed E-state index contributed by atoms with van der Waals surface area (Å²) in [7, 11) is 0. The highest BCUT2D eigenvalue weighted by molar-refractivity contribution is 9.09. The third-order valence-corrected chi connectivity index (χ3v) is 4.60. The minimum atomic E-state index is 0.266. The lowest BCUT2D eigenvalue weighted by molar-refractivity contribution is 0.157. The minimum absolute atomic E-state index is 0.266. The zero-order valence-corrected chi connectivity index (χ0v) is 12.0. The predicted molar refractivity (Wildman–Crippen MR) is 73.5 cm³/mol. The van der Waals surface area contributed by atoms with Crippen LogP contribution in [0.4, 0.5) is 0 Å². The normalized spacial score (nSPS) is 11.5. The molecule has 0 aliphatic heterocycles. The Hall–Kier alpha value is -0.500. The van der Waals surface area contributed by atoms with Gasteiger partial charge in [0.25, 0.3) is 0 Å². The van der Waals surface area contributed by atoms with Crippen LogP contribution in [-0.4, -0.2) is 11.9 Å². The van der Waals surface area contributed by atoms with E-state index in [0.717, 1.165) is 30.5 Å². The highest BCUT2D eigenvalue weighted by Gasteiger charge is 2.25. The van der Waals surface area contributed by atoms with Gasteiger partial charge in [0.15, 0.2) is 0 Å². The molecule has 0 spiro atoms. The Labute approximate surface area is 107 Å². The molecule has 16 heavy (non-hydrogen) atoms. The van der Waals surface area contributed by atoms with Crippen molar-refractivity contribution in [2.45, 2.75) is 33.6 Å². The molecule has 90 valence electrons. The summed E-state index contributed by atoms with van der Waals surface area (Å²) in [5.74, 6) is 1.01. The second-order valence-electron chi connectivity index (χ2n) is 4.39. The molecule has 0 aliphatic rings. The fraction of sp³-hybridized carbons (Fsp3) is 0.571. The van der Waals surface area contributed by atoms with E-state index < -0.39 is 0 Å². The largest absolute Gasteiger partial charge is 0.493 e. The standard InChI is InChI=1S/C14H21BrO/c1-4-14(5-2,10-15)11-16-13-9-7-6-8-12(13)3/h6-9H,4-5,10-11H2,1-3H3. The van der Waals surface area contributed by atoms with Crippen LogP contribution >= 0.6 is 15.9 Å². The van der Waals surface area contributed by atoms with Crippen LogP contribution in [0.5, 0.6) is 5.75 Å². The van der Waals surface area contributed by atoms with Gasteiger partial charge >= 0.3 is 0 Å². The third kappa shape index (κ3) is 3.24. The molecular weight excluding hydrogens is 264 g/mol. The smallest absolute Gasteiger partial charge is 0.122 e. The first-order valence-corrected chi connectivity index (χ1v) is 7.04. The van der Waals surface area contributed by atoms with Crippen LogP contribution in [0, 0.1) is 12.3 Å². The van der Waals surface area contributed by atoms with Crippen molar-refractivity contribution in [1.82, 2.24) is 0 Å². The van der Waals surface area contributed by atoms with Gasteiger partial charge in [-0.15, -0.1) is 0 Å². The number of hydrogen-bond acceptors (Lipinski definition) is 1. The first-order valence-electron chi connectivity index (χ1n) is 5.92. The molecule has 0 fully saturated rings. The molecule has 0 N–H and O–H groups in total. The average molecular weight is 285 g/mol. The Balaban J connectivity index is 2.66. The summed E-state index contributed by atoms with van der Waals surface area (Å²) in [6.07, 6.45) is 2.28. The SMILES string of the molecule is CCC(CC)(CBr)COc1ccccc1C. The summed E-state index contributed by atoms with van der Waals surface area (Å²) in [6.45, 7) is 7.33. The van der Waals surface area contributed by atoms with E-state index in [-0.39, 0.29) is 5.41 Å². The number of hydrogen-bond donors (Lipinski definition) is 0. The van der Waals surface area contributed by atoms with E-state index in [4.69, 9.17) is 4.74 Å². The van der Waals surface area contributed by atoms with Crippen LogP contribution in [0.15, 0.2) is 24.3 Å². The van der Waals surface area contributed by atoms with E-state index in [0.29, 0.717) is 0 Å². The van der Waals surface area contributed by atoms with Crippen LogP contribution < -0.4 is 4.74 Å². The molecule has 1 nitrogen and oxygen atoms in total. The van der Waals surface area contributed by atoms with Crippen molar-refractivity contribution in [2.24, 2.45) is 5.41 Å². The average Bonchev–Trinajstić information content (AvgIpc) is 2.34. The highest BCUT2D eigenvalue weighted by Crippen LogP contribution is 2.30. The van der Waals surface area contributed by atoms with Crippen molar-refractivity contribution >= 4 is 15.9 Å². The molecule has 1 rings (SSSR count). The van der Waals surface area contributed by atoms with Gasteiger partial charge in [-0.2, -0.15) is 0 Å². The maximum atomic E-state index is 5.94. The third-order valence-electron chi connectivity index (χ3n) is 3.41. The second-order valence-corrected chi connectivity index (χ2v) is 4.96. The Bertz CT molecular complexity index is 310. The van der Waals surface area contributed by atoms with E-state index in [2.05, 4.69) is 42.8 Å². The molecule has 0 saturated carbocycles. The quantitative estimate of drug-likeness (QED) is 0.695. The van der Waals surface area contributed by atoms with E-state index >= 15 is 0 Å². The first-order chi connectivity index (χ1) is 7.67. The van der Waals surface area contributed by atoms with E-state index in [9.17, 15) is 0 Å². The molecule has 0 aromatic heterocycles. The van der Waals surface area contributed by atoms with Crippen LogP contribution in [0.3, 0.4) is 0 Å². The van der Waals surface area contributed by atoms with Gasteiger partial charge in [0, 0.05) is 10.7 Å². The summed E-state index contributed by atoms with van der Waals surface area (Å²) in [5.41, 5.74) is 1.47. The number of rotatable bonds is 6. The number of para-hydroxylation sites is 1. The van der Waals surface area contributed by atoms with Crippen LogP contribution in [-0.2, 0) is 0 Å². The lowest BCUT2D eigenvalue weighted by Crippen LogP contribution is -2.29. The molecule has 0 amide bonds. The van der Waals surface area contributed by atoms with Gasteiger partial charge in [0.2, 0.25) is 0 Å². The molecule has 0 saturated heterocycles. The summed E-state index contributed by atoms with van der Waals surface area (Å²) < 4.78 is 5.94. The molecule has 0 bridgehead atoms. The van der Waals surface area contributed by atoms with E-state index in [1.54, 1.807) is 0 Å². The first kappa shape index (κ1) is 13.6. The summed E-state index contributed by atoms with van der Waals surface area (Å²) in [5, 5.41) is 0.999. The fourth-order valence-electron chi connectivity index (χ4n) is 1.63. The van der Waals surface area contributed by atoms with Crippen molar-refractivity contribution in [2.75, 3.05) is 11.9 Å². The number of aryl methyl sites for hydroxylation is 1. The highest BCUT2D eigenvalue weighted by atomic mass is 79.9. The van der Waals surface area contributed by atoms with Gasteiger partial charge in [-0.3, -0.25) is 0 Å². The maximum absolute atomic E-state index is 5.94. The summed E-state index contributed by atoms with van der Waals surface area (Å²) >= 11 is 3.61. The van der Waals surface area contributed by atoms with E-state index in [1.165, 1.54) is 5.56 Å². The molecule has 0 unspecified atom stereocenters. The van der Waals surface area contributed by atoms with Crippen molar-refractivity contribution in [3.63, 3.8) is 0 Å². The van der Waals surface area contributed by atoms with Crippen LogP contribution in [0.1, 0.15) is 32.3 Å². The van der Waals surface area contributed by atoms with Gasteiger partial charge in [0.05, 0.1) is 6.61 Å². The zero-order valence-electron chi connectivity index (χ0n) is 10.4. The topological polar surface area (TPSA) is 9.23 Å². The zero-order chi connectivity index (χ0) is 12.0. The fourth-order valence-corrected chi connectivity index (χ4v) is 2.59. The number of alkyl halides is 1. The Kier molecular flexibility index (Phi) is 5.33. The molecule has 0 atom stereocenters. The van der Waals surface area contributed by atoms with Gasteiger partial charge in [-0.05, 0) is 31.4 Å². The minimum Gasteiger partial charge on any atom is -0.493 e. The van der Waals surface area contributed by atoms with Gasteiger partial charge in [0.1, 0.15) is 5.75 Å². The van der Waals surface area contributed by atoms with Gasteiger partial charge in [-0.25, -0.2) is 0 Å². The molecule has 2 heteroatoms. The summed E-state index contributed by atoms with van der Waals surface area (Å²) in [6, 6.07) is 8.19. The number of halogens is 1. The van der Waals surface area contributed by atoms with Crippen molar-refractivity contribution in [3.8, 4) is 5.75 Å². The monoisotopic (exact) mass is 284 g/mol. The van der Waals surface area contributed by atoms with Crippen molar-refractivity contribution in [3.05, 3.63) is 29.8 Å². The molecule has 1 aromatic carbocycles. The van der Waals surface area contributed by atoms with Crippen molar-refractivity contribution in [1.29, 1.82) is 0 Å². The Morgan fingerprint density at radius 1 is 1.19 bits per heavy atom. The Morgan fingerprint density at radius 3 is 2.31 bits per heavy atom. The molecule has 0 heterocycles. The van der Waals surface area contributed by atoms with Crippen molar-refractivity contribution < 1.29 is 4.74 Å². The maximum Gasteiger partial charge on any atom is 0.122 e. The lowest BCUT2D eigenvalue weighted by atomic mass is 9.86. The predicted octanol–water partition coefficient (Wildman–Crippen LogP) is 4.58. The Morgan fingerprint density at radius 2 is 1.81 bits per heavy atom.